The summed E-state index contributed by atoms with van der Waals surface area (Å²) in [7, 11) is 0. The zero-order valence-electron chi connectivity index (χ0n) is 11.8. The van der Waals surface area contributed by atoms with E-state index >= 15 is 0 Å². The van der Waals surface area contributed by atoms with E-state index < -0.39 is 0 Å². The third-order valence-corrected chi connectivity index (χ3v) is 4.59. The molecule has 6 heteroatoms. The molecule has 1 fully saturated rings. The van der Waals surface area contributed by atoms with E-state index in [2.05, 4.69) is 16.5 Å². The van der Waals surface area contributed by atoms with Gasteiger partial charge >= 0.3 is 0 Å². The Hall–Kier alpha value is -1.01. The minimum absolute atomic E-state index is 0.0732. The average molecular weight is 282 g/mol. The quantitative estimate of drug-likeness (QED) is 0.918. The highest BCUT2D eigenvalue weighted by molar-refractivity contribution is 7.08. The molecular formula is C13H22N4OS. The van der Waals surface area contributed by atoms with Crippen LogP contribution in [0.5, 0.6) is 0 Å². The largest absolute Gasteiger partial charge is 0.337 e. The molecule has 0 radical (unpaired) electrons. The molecule has 2 atom stereocenters. The third kappa shape index (κ3) is 2.95. The van der Waals surface area contributed by atoms with Crippen LogP contribution in [0.25, 0.3) is 0 Å². The molecule has 0 saturated carbocycles. The summed E-state index contributed by atoms with van der Waals surface area (Å²) in [6.07, 6.45) is 1.90. The standard InChI is InChI=1S/C13H22N4OS/c1-4-9-7-17(6-5-10(9)14)13(18)12-11(8(2)3)15-16-19-12/h8-10H,4-7,14H2,1-3H3. The van der Waals surface area contributed by atoms with Crippen molar-refractivity contribution in [3.05, 3.63) is 10.6 Å². The second kappa shape index (κ2) is 5.96. The van der Waals surface area contributed by atoms with Gasteiger partial charge in [-0.05, 0) is 29.8 Å². The Bertz CT molecular complexity index is 446. The van der Waals surface area contributed by atoms with Crippen LogP contribution in [0.4, 0.5) is 0 Å². The van der Waals surface area contributed by atoms with Crippen molar-refractivity contribution in [1.29, 1.82) is 0 Å². The van der Waals surface area contributed by atoms with Gasteiger partial charge in [-0.15, -0.1) is 5.10 Å². The lowest BCUT2D eigenvalue weighted by atomic mass is 9.90. The Morgan fingerprint density at radius 1 is 1.58 bits per heavy atom. The minimum atomic E-state index is 0.0732. The van der Waals surface area contributed by atoms with E-state index in [1.165, 1.54) is 11.5 Å². The summed E-state index contributed by atoms with van der Waals surface area (Å²) in [6, 6.07) is 0.221. The average Bonchev–Trinajstić information content (AvgIpc) is 2.87. The molecule has 1 aliphatic heterocycles. The van der Waals surface area contributed by atoms with Crippen LogP contribution in [0.2, 0.25) is 0 Å². The van der Waals surface area contributed by atoms with Gasteiger partial charge in [-0.25, -0.2) is 0 Å². The molecule has 0 aromatic carbocycles. The summed E-state index contributed by atoms with van der Waals surface area (Å²) < 4.78 is 3.93. The SMILES string of the molecule is CCC1CN(C(=O)c2snnc2C(C)C)CCC1N. The molecule has 5 nitrogen and oxygen atoms in total. The number of nitrogens with two attached hydrogens (primary N) is 1. The number of aromatic nitrogens is 2. The second-order valence-corrected chi connectivity index (χ2v) is 6.27. The fourth-order valence-corrected chi connectivity index (χ4v) is 3.32. The molecule has 106 valence electrons. The molecule has 1 saturated heterocycles. The monoisotopic (exact) mass is 282 g/mol. The van der Waals surface area contributed by atoms with Gasteiger partial charge in [0.25, 0.3) is 5.91 Å². The molecular weight excluding hydrogens is 260 g/mol. The number of nitrogens with zero attached hydrogens (tertiary/aromatic N) is 3. The first-order valence-corrected chi connectivity index (χ1v) is 7.69. The number of carbonyl (C=O) groups excluding carboxylic acids is 1. The van der Waals surface area contributed by atoms with Gasteiger partial charge in [-0.1, -0.05) is 31.7 Å². The fourth-order valence-electron chi connectivity index (χ4n) is 2.53. The lowest BCUT2D eigenvalue weighted by Gasteiger charge is -2.36. The van der Waals surface area contributed by atoms with E-state index in [1.54, 1.807) is 0 Å². The van der Waals surface area contributed by atoms with Crippen LogP contribution in [0, 0.1) is 5.92 Å². The van der Waals surface area contributed by atoms with Crippen molar-refractivity contribution in [2.24, 2.45) is 11.7 Å². The Labute approximate surface area is 118 Å². The highest BCUT2D eigenvalue weighted by atomic mass is 32.1. The first-order chi connectivity index (χ1) is 9.04. The summed E-state index contributed by atoms with van der Waals surface area (Å²) in [6.45, 7) is 7.70. The smallest absolute Gasteiger partial charge is 0.267 e. The maximum Gasteiger partial charge on any atom is 0.267 e. The van der Waals surface area contributed by atoms with Crippen LogP contribution >= 0.6 is 11.5 Å². The van der Waals surface area contributed by atoms with Gasteiger partial charge < -0.3 is 10.6 Å². The lowest BCUT2D eigenvalue weighted by molar-refractivity contribution is 0.0652. The predicted molar refractivity (Wildman–Crippen MR) is 76.3 cm³/mol. The van der Waals surface area contributed by atoms with Crippen LogP contribution < -0.4 is 5.73 Å². The molecule has 0 aliphatic carbocycles. The number of amides is 1. The maximum atomic E-state index is 12.6. The molecule has 2 rings (SSSR count). The topological polar surface area (TPSA) is 72.1 Å². The van der Waals surface area contributed by atoms with Crippen LogP contribution in [-0.4, -0.2) is 39.5 Å². The Morgan fingerprint density at radius 2 is 2.32 bits per heavy atom. The number of hydrogen-bond acceptors (Lipinski definition) is 5. The van der Waals surface area contributed by atoms with E-state index in [9.17, 15) is 4.79 Å². The van der Waals surface area contributed by atoms with Gasteiger partial charge in [0, 0.05) is 19.1 Å². The molecule has 1 aromatic rings. The van der Waals surface area contributed by atoms with Gasteiger partial charge in [0.05, 0.1) is 5.69 Å². The summed E-state index contributed by atoms with van der Waals surface area (Å²) in [5.41, 5.74) is 6.91. The van der Waals surface area contributed by atoms with Crippen LogP contribution in [-0.2, 0) is 0 Å². The summed E-state index contributed by atoms with van der Waals surface area (Å²) in [4.78, 5) is 15.2. The third-order valence-electron chi connectivity index (χ3n) is 3.86. The minimum Gasteiger partial charge on any atom is -0.337 e. The molecule has 2 heterocycles. The highest BCUT2D eigenvalue weighted by Gasteiger charge is 2.31. The fraction of sp³-hybridized carbons (Fsp3) is 0.769. The van der Waals surface area contributed by atoms with Crippen molar-refractivity contribution >= 4 is 17.4 Å². The Balaban J connectivity index is 2.13. The molecule has 19 heavy (non-hydrogen) atoms. The van der Waals surface area contributed by atoms with Gasteiger partial charge in [0.2, 0.25) is 0 Å². The van der Waals surface area contributed by atoms with Gasteiger partial charge in [0.1, 0.15) is 4.88 Å². The van der Waals surface area contributed by atoms with Crippen molar-refractivity contribution < 1.29 is 4.79 Å². The summed E-state index contributed by atoms with van der Waals surface area (Å²) in [5, 5.41) is 4.08. The van der Waals surface area contributed by atoms with Crippen LogP contribution in [0.15, 0.2) is 0 Å². The maximum absolute atomic E-state index is 12.6. The number of rotatable bonds is 3. The van der Waals surface area contributed by atoms with E-state index in [-0.39, 0.29) is 17.9 Å². The first kappa shape index (κ1) is 14.4. The molecule has 2 unspecified atom stereocenters. The molecule has 1 amide bonds. The predicted octanol–water partition coefficient (Wildman–Crippen LogP) is 1.86. The summed E-state index contributed by atoms with van der Waals surface area (Å²) in [5.74, 6) is 0.705. The number of hydrogen-bond donors (Lipinski definition) is 1. The molecule has 1 aliphatic rings. The van der Waals surface area contributed by atoms with Crippen molar-refractivity contribution in [2.45, 2.75) is 45.6 Å². The molecule has 1 aromatic heterocycles. The van der Waals surface area contributed by atoms with Crippen LogP contribution in [0.3, 0.4) is 0 Å². The zero-order valence-corrected chi connectivity index (χ0v) is 12.6. The Morgan fingerprint density at radius 3 is 2.95 bits per heavy atom. The van der Waals surface area contributed by atoms with Gasteiger partial charge in [-0.2, -0.15) is 0 Å². The van der Waals surface area contributed by atoms with E-state index in [0.717, 1.165) is 31.6 Å². The van der Waals surface area contributed by atoms with Crippen molar-refractivity contribution in [2.75, 3.05) is 13.1 Å². The van der Waals surface area contributed by atoms with Crippen molar-refractivity contribution in [3.63, 3.8) is 0 Å². The van der Waals surface area contributed by atoms with E-state index in [4.69, 9.17) is 5.73 Å². The molecule has 0 spiro atoms. The van der Waals surface area contributed by atoms with Gasteiger partial charge in [-0.3, -0.25) is 4.79 Å². The first-order valence-electron chi connectivity index (χ1n) is 6.91. The number of carbonyl (C=O) groups is 1. The molecule has 0 bridgehead atoms. The normalized spacial score (nSPS) is 23.9. The van der Waals surface area contributed by atoms with Crippen molar-refractivity contribution in [3.8, 4) is 0 Å². The highest BCUT2D eigenvalue weighted by Crippen LogP contribution is 2.25. The number of piperidine rings is 1. The van der Waals surface area contributed by atoms with Gasteiger partial charge in [0.15, 0.2) is 0 Å². The number of likely N-dealkylation sites (tertiary alicyclic amines) is 1. The molecule has 2 N–H and O–H groups in total. The Kier molecular flexibility index (Phi) is 4.52. The van der Waals surface area contributed by atoms with Crippen LogP contribution in [0.1, 0.15) is 54.9 Å². The van der Waals surface area contributed by atoms with E-state index in [1.807, 2.05) is 18.7 Å². The van der Waals surface area contributed by atoms with E-state index in [0.29, 0.717) is 10.8 Å². The van der Waals surface area contributed by atoms with Crippen molar-refractivity contribution in [1.82, 2.24) is 14.5 Å². The lowest BCUT2D eigenvalue weighted by Crippen LogP contribution is -2.49. The second-order valence-electron chi connectivity index (χ2n) is 5.51. The summed E-state index contributed by atoms with van der Waals surface area (Å²) >= 11 is 1.21. The zero-order chi connectivity index (χ0) is 14.0.